The zero-order valence-corrected chi connectivity index (χ0v) is 16.6. The molecule has 0 amide bonds. The van der Waals surface area contributed by atoms with Crippen LogP contribution in [0.2, 0.25) is 0 Å². The molecule has 3 heteroatoms. The van der Waals surface area contributed by atoms with E-state index in [-0.39, 0.29) is 5.75 Å². The molecule has 0 saturated heterocycles. The molecule has 1 aromatic carbocycles. The Morgan fingerprint density at radius 2 is 1.56 bits per heavy atom. The molecule has 4 rings (SSSR count). The molecule has 1 unspecified atom stereocenters. The normalized spacial score (nSPS) is 36.1. The van der Waals surface area contributed by atoms with E-state index >= 15 is 0 Å². The summed E-state index contributed by atoms with van der Waals surface area (Å²) in [6.07, 6.45) is 14.0. The van der Waals surface area contributed by atoms with Gasteiger partial charge in [-0.1, -0.05) is 38.3 Å². The average Bonchev–Trinajstić information content (AvgIpc) is 2.67. The van der Waals surface area contributed by atoms with E-state index < -0.39 is 6.61 Å². The largest absolute Gasteiger partial charge is 0.435 e. The highest BCUT2D eigenvalue weighted by Gasteiger charge is 2.44. The van der Waals surface area contributed by atoms with Crippen molar-refractivity contribution in [3.63, 3.8) is 0 Å². The summed E-state index contributed by atoms with van der Waals surface area (Å²) in [4.78, 5) is 0. The van der Waals surface area contributed by atoms with Gasteiger partial charge in [-0.25, -0.2) is 0 Å². The van der Waals surface area contributed by atoms with Crippen LogP contribution in [0.3, 0.4) is 0 Å². The Morgan fingerprint density at radius 3 is 2.22 bits per heavy atom. The van der Waals surface area contributed by atoms with Gasteiger partial charge in [-0.05, 0) is 98.1 Å². The summed E-state index contributed by atoms with van der Waals surface area (Å²) >= 11 is 0. The number of fused-ring (bicyclic) bond motifs is 3. The van der Waals surface area contributed by atoms with Crippen LogP contribution in [0.25, 0.3) is 0 Å². The monoisotopic (exact) mass is 376 g/mol. The molecule has 0 radical (unpaired) electrons. The van der Waals surface area contributed by atoms with Gasteiger partial charge in [0.25, 0.3) is 0 Å². The van der Waals surface area contributed by atoms with Crippen molar-refractivity contribution in [2.75, 3.05) is 0 Å². The molecule has 3 saturated carbocycles. The van der Waals surface area contributed by atoms with E-state index in [1.807, 2.05) is 12.1 Å². The van der Waals surface area contributed by atoms with Crippen molar-refractivity contribution in [3.05, 3.63) is 29.8 Å². The minimum Gasteiger partial charge on any atom is -0.435 e. The van der Waals surface area contributed by atoms with Crippen molar-refractivity contribution in [3.8, 4) is 5.75 Å². The van der Waals surface area contributed by atoms with Gasteiger partial charge in [0.05, 0.1) is 0 Å². The lowest BCUT2D eigenvalue weighted by molar-refractivity contribution is -0.0498. The predicted octanol–water partition coefficient (Wildman–Crippen LogP) is 7.41. The van der Waals surface area contributed by atoms with Crippen molar-refractivity contribution < 1.29 is 13.5 Å². The molecule has 0 aliphatic heterocycles. The molecule has 3 aliphatic carbocycles. The van der Waals surface area contributed by atoms with Gasteiger partial charge in [0.15, 0.2) is 0 Å². The summed E-state index contributed by atoms with van der Waals surface area (Å²) in [5.74, 6) is 5.68. The molecule has 0 N–H and O–H groups in total. The number of alkyl halides is 2. The smallest absolute Gasteiger partial charge is 0.387 e. The van der Waals surface area contributed by atoms with Gasteiger partial charge in [-0.3, -0.25) is 0 Å². The molecule has 3 aliphatic rings. The molecule has 1 aromatic rings. The second-order valence-electron chi connectivity index (χ2n) is 9.35. The fourth-order valence-electron chi connectivity index (χ4n) is 6.79. The van der Waals surface area contributed by atoms with Crippen LogP contribution in [-0.2, 0) is 0 Å². The predicted molar refractivity (Wildman–Crippen MR) is 105 cm³/mol. The second kappa shape index (κ2) is 8.49. The zero-order valence-electron chi connectivity index (χ0n) is 16.6. The molecule has 27 heavy (non-hydrogen) atoms. The Labute approximate surface area is 162 Å². The van der Waals surface area contributed by atoms with Gasteiger partial charge in [0.1, 0.15) is 5.75 Å². The Hall–Kier alpha value is -1.12. The van der Waals surface area contributed by atoms with Gasteiger partial charge >= 0.3 is 6.61 Å². The van der Waals surface area contributed by atoms with Crippen LogP contribution in [0.5, 0.6) is 5.75 Å². The van der Waals surface area contributed by atoms with Crippen LogP contribution >= 0.6 is 0 Å². The zero-order chi connectivity index (χ0) is 18.8. The van der Waals surface area contributed by atoms with Crippen LogP contribution in [-0.4, -0.2) is 6.61 Å². The Morgan fingerprint density at radius 1 is 0.889 bits per heavy atom. The first-order chi connectivity index (χ1) is 13.1. The van der Waals surface area contributed by atoms with E-state index in [0.717, 1.165) is 29.6 Å². The first-order valence-corrected chi connectivity index (χ1v) is 11.2. The van der Waals surface area contributed by atoms with Crippen molar-refractivity contribution in [1.29, 1.82) is 0 Å². The standard InChI is InChI=1S/C24H34F2O/c1-2-3-16-4-12-22-19(14-16)5-6-20-15-18(9-13-23(20)22)17-7-10-21(11-8-17)27-24(25)26/h7-8,10-11,16,18-20,22-24H,2-6,9,12-15H2,1H3/t16-,18?,19-,20+,22+,23+/m1/s1. The summed E-state index contributed by atoms with van der Waals surface area (Å²) in [5.41, 5.74) is 1.31. The Bertz CT molecular complexity index is 599. The summed E-state index contributed by atoms with van der Waals surface area (Å²) in [6.45, 7) is -0.412. The van der Waals surface area contributed by atoms with E-state index in [2.05, 4.69) is 11.7 Å². The lowest BCUT2D eigenvalue weighted by Crippen LogP contribution is -2.41. The highest BCUT2D eigenvalue weighted by molar-refractivity contribution is 5.30. The van der Waals surface area contributed by atoms with Crippen LogP contribution in [0.4, 0.5) is 8.78 Å². The van der Waals surface area contributed by atoms with Crippen molar-refractivity contribution >= 4 is 0 Å². The highest BCUT2D eigenvalue weighted by Crippen LogP contribution is 2.55. The molecular weight excluding hydrogens is 342 g/mol. The average molecular weight is 377 g/mol. The lowest BCUT2D eigenvalue weighted by atomic mass is 9.55. The van der Waals surface area contributed by atoms with E-state index in [1.54, 1.807) is 12.1 Å². The summed E-state index contributed by atoms with van der Waals surface area (Å²) in [5, 5.41) is 0. The van der Waals surface area contributed by atoms with Crippen LogP contribution < -0.4 is 4.74 Å². The summed E-state index contributed by atoms with van der Waals surface area (Å²) in [6, 6.07) is 7.42. The number of hydrogen-bond donors (Lipinski definition) is 0. The molecular formula is C24H34F2O. The third-order valence-corrected chi connectivity index (χ3v) is 7.92. The minimum atomic E-state index is -2.74. The minimum absolute atomic E-state index is 0.270. The maximum Gasteiger partial charge on any atom is 0.387 e. The number of rotatable bonds is 5. The van der Waals surface area contributed by atoms with Gasteiger partial charge in [0.2, 0.25) is 0 Å². The molecule has 0 heterocycles. The Kier molecular flexibility index (Phi) is 6.04. The molecule has 0 bridgehead atoms. The van der Waals surface area contributed by atoms with Crippen molar-refractivity contribution in [1.82, 2.24) is 0 Å². The van der Waals surface area contributed by atoms with Crippen LogP contribution in [0.15, 0.2) is 24.3 Å². The fourth-order valence-corrected chi connectivity index (χ4v) is 6.79. The summed E-state index contributed by atoms with van der Waals surface area (Å²) in [7, 11) is 0. The molecule has 3 fully saturated rings. The fraction of sp³-hybridized carbons (Fsp3) is 0.750. The third kappa shape index (κ3) is 4.32. The second-order valence-corrected chi connectivity index (χ2v) is 9.35. The molecule has 1 nitrogen and oxygen atoms in total. The van der Waals surface area contributed by atoms with Gasteiger partial charge in [-0.2, -0.15) is 8.78 Å². The van der Waals surface area contributed by atoms with Gasteiger partial charge < -0.3 is 4.74 Å². The van der Waals surface area contributed by atoms with E-state index in [9.17, 15) is 8.78 Å². The van der Waals surface area contributed by atoms with E-state index in [0.29, 0.717) is 5.92 Å². The number of hydrogen-bond acceptors (Lipinski definition) is 1. The maximum atomic E-state index is 12.3. The number of benzene rings is 1. The SMILES string of the molecule is CCC[C@@H]1CC[C@H]2[C@H](CC[C@H]3CC(c4ccc(OC(F)F)cc4)CC[C@@H]32)C1. The first kappa shape index (κ1) is 19.2. The third-order valence-electron chi connectivity index (χ3n) is 7.92. The quantitative estimate of drug-likeness (QED) is 0.520. The van der Waals surface area contributed by atoms with Gasteiger partial charge in [-0.15, -0.1) is 0 Å². The topological polar surface area (TPSA) is 9.23 Å². The lowest BCUT2D eigenvalue weighted by Gasteiger charge is -2.51. The Balaban J connectivity index is 1.36. The van der Waals surface area contributed by atoms with Crippen molar-refractivity contribution in [2.24, 2.45) is 29.6 Å². The van der Waals surface area contributed by atoms with E-state index in [4.69, 9.17) is 0 Å². The first-order valence-electron chi connectivity index (χ1n) is 11.2. The molecule has 6 atom stereocenters. The maximum absolute atomic E-state index is 12.3. The molecule has 150 valence electrons. The number of ether oxygens (including phenoxy) is 1. The molecule has 0 aromatic heterocycles. The molecule has 0 spiro atoms. The van der Waals surface area contributed by atoms with Crippen molar-refractivity contribution in [2.45, 2.75) is 83.7 Å². The summed E-state index contributed by atoms with van der Waals surface area (Å²) < 4.78 is 29.2. The highest BCUT2D eigenvalue weighted by atomic mass is 19.3. The van der Waals surface area contributed by atoms with Crippen LogP contribution in [0.1, 0.15) is 82.6 Å². The van der Waals surface area contributed by atoms with Crippen LogP contribution in [0, 0.1) is 29.6 Å². The van der Waals surface area contributed by atoms with Gasteiger partial charge in [0, 0.05) is 0 Å². The van der Waals surface area contributed by atoms with E-state index in [1.165, 1.54) is 69.8 Å². The number of halogens is 2.